The molecule has 3 rings (SSSR count). The van der Waals surface area contributed by atoms with Gasteiger partial charge >= 0.3 is 0 Å². The number of methoxy groups -OCH3 is 1. The normalized spacial score (nSPS) is 9.69. The van der Waals surface area contributed by atoms with Gasteiger partial charge in [0.1, 0.15) is 11.6 Å². The maximum Gasteiger partial charge on any atom is 0.196 e. The molecule has 152 valence electrons. The summed E-state index contributed by atoms with van der Waals surface area (Å²) in [5.74, 6) is 1.57. The Kier molecular flexibility index (Phi) is 8.03. The Morgan fingerprint density at radius 3 is 2.45 bits per heavy atom. The SMILES string of the molecule is CC.COc1ccc(Nc2ccc(C)c(C(=O)c3cccnc3)c[nH]n2C)cc1. The zero-order chi connectivity index (χ0) is 21.2. The van der Waals surface area contributed by atoms with Crippen molar-refractivity contribution in [2.75, 3.05) is 12.4 Å². The van der Waals surface area contributed by atoms with E-state index in [1.807, 2.05) is 68.9 Å². The number of hydrogen-bond donors (Lipinski definition) is 2. The van der Waals surface area contributed by atoms with Crippen molar-refractivity contribution in [1.29, 1.82) is 0 Å². The summed E-state index contributed by atoms with van der Waals surface area (Å²) in [6, 6.07) is 15.0. The van der Waals surface area contributed by atoms with Gasteiger partial charge in [-0.1, -0.05) is 19.9 Å². The highest BCUT2D eigenvalue weighted by atomic mass is 16.5. The van der Waals surface area contributed by atoms with E-state index < -0.39 is 0 Å². The summed E-state index contributed by atoms with van der Waals surface area (Å²) >= 11 is 0. The first-order chi connectivity index (χ1) is 14.1. The van der Waals surface area contributed by atoms with Gasteiger partial charge in [-0.15, -0.1) is 0 Å². The third kappa shape index (κ3) is 5.72. The predicted molar refractivity (Wildman–Crippen MR) is 117 cm³/mol. The zero-order valence-corrected chi connectivity index (χ0v) is 17.6. The number of carbonyl (C=O) groups is 1. The Labute approximate surface area is 171 Å². The van der Waals surface area contributed by atoms with E-state index in [9.17, 15) is 4.79 Å². The minimum absolute atomic E-state index is 0.0716. The number of anilines is 2. The number of aromatic amines is 1. The number of nitrogens with zero attached hydrogens (tertiary/aromatic N) is 2. The predicted octanol–water partition coefficient (Wildman–Crippen LogP) is 5.19. The van der Waals surface area contributed by atoms with Crippen LogP contribution in [0.3, 0.4) is 0 Å². The lowest BCUT2D eigenvalue weighted by Gasteiger charge is -2.12. The van der Waals surface area contributed by atoms with E-state index in [1.165, 1.54) is 0 Å². The number of H-pyrrole nitrogens is 1. The summed E-state index contributed by atoms with van der Waals surface area (Å²) in [5.41, 5.74) is 2.94. The van der Waals surface area contributed by atoms with Crippen molar-refractivity contribution in [1.82, 2.24) is 14.8 Å². The smallest absolute Gasteiger partial charge is 0.196 e. The third-order valence-corrected chi connectivity index (χ3v) is 4.21. The minimum atomic E-state index is -0.0716. The summed E-state index contributed by atoms with van der Waals surface area (Å²) in [5, 5.41) is 6.49. The van der Waals surface area contributed by atoms with Crippen LogP contribution in [-0.4, -0.2) is 27.7 Å². The van der Waals surface area contributed by atoms with Crippen LogP contribution in [0.15, 0.2) is 67.1 Å². The van der Waals surface area contributed by atoms with Crippen LogP contribution in [0.5, 0.6) is 5.75 Å². The fourth-order valence-corrected chi connectivity index (χ4v) is 2.60. The Morgan fingerprint density at radius 2 is 1.83 bits per heavy atom. The van der Waals surface area contributed by atoms with E-state index in [-0.39, 0.29) is 5.78 Å². The second-order valence-corrected chi connectivity index (χ2v) is 6.07. The Morgan fingerprint density at radius 1 is 1.10 bits per heavy atom. The van der Waals surface area contributed by atoms with Crippen molar-refractivity contribution >= 4 is 17.3 Å². The van der Waals surface area contributed by atoms with Crippen molar-refractivity contribution in [3.63, 3.8) is 0 Å². The molecule has 0 aliphatic heterocycles. The average Bonchev–Trinajstić information content (AvgIpc) is 2.78. The lowest BCUT2D eigenvalue weighted by atomic mass is 10.0. The van der Waals surface area contributed by atoms with E-state index in [0.717, 1.165) is 22.8 Å². The van der Waals surface area contributed by atoms with Crippen LogP contribution in [0.4, 0.5) is 11.5 Å². The van der Waals surface area contributed by atoms with Crippen LogP contribution in [0, 0.1) is 6.92 Å². The number of pyridine rings is 1. The highest BCUT2D eigenvalue weighted by Gasteiger charge is 2.11. The van der Waals surface area contributed by atoms with Gasteiger partial charge in [0, 0.05) is 42.5 Å². The molecule has 0 saturated carbocycles. The number of carbonyl (C=O) groups excluding carboxylic acids is 1. The van der Waals surface area contributed by atoms with Crippen molar-refractivity contribution in [2.45, 2.75) is 20.8 Å². The highest BCUT2D eigenvalue weighted by Crippen LogP contribution is 2.19. The molecule has 0 saturated heterocycles. The maximum atomic E-state index is 12.8. The standard InChI is InChI=1S/C21H22N4O2.C2H6/c1-15-6-11-20(24-17-7-9-18(27-3)10-8-17)25(2)23-14-19(15)21(26)16-5-4-12-22-13-16;1-2/h4-14,23-24H,1-3H3;1-2H3. The molecule has 0 unspecified atom stereocenters. The summed E-state index contributed by atoms with van der Waals surface area (Å²) in [7, 11) is 3.52. The Bertz CT molecular complexity index is 972. The molecule has 6 nitrogen and oxygen atoms in total. The average molecular weight is 393 g/mol. The number of aromatic nitrogens is 3. The van der Waals surface area contributed by atoms with Crippen molar-refractivity contribution in [3.8, 4) is 5.75 Å². The molecule has 3 aromatic rings. The van der Waals surface area contributed by atoms with Crippen LogP contribution >= 0.6 is 0 Å². The number of ether oxygens (including phenoxy) is 1. The lowest BCUT2D eigenvalue weighted by molar-refractivity contribution is 0.103. The second-order valence-electron chi connectivity index (χ2n) is 6.07. The molecular formula is C23H28N4O2. The number of hydrogen-bond acceptors (Lipinski definition) is 4. The maximum absolute atomic E-state index is 12.8. The Hall–Kier alpha value is -3.54. The van der Waals surface area contributed by atoms with Gasteiger partial charge in [-0.25, -0.2) is 0 Å². The minimum Gasteiger partial charge on any atom is -0.497 e. The highest BCUT2D eigenvalue weighted by molar-refractivity contribution is 6.09. The number of ketones is 1. The number of rotatable bonds is 5. The van der Waals surface area contributed by atoms with Crippen LogP contribution in [0.2, 0.25) is 0 Å². The van der Waals surface area contributed by atoms with Crippen LogP contribution in [0.25, 0.3) is 0 Å². The first-order valence-electron chi connectivity index (χ1n) is 9.53. The van der Waals surface area contributed by atoms with Gasteiger partial charge in [0.2, 0.25) is 0 Å². The summed E-state index contributed by atoms with van der Waals surface area (Å²) in [6.07, 6.45) is 4.94. The zero-order valence-electron chi connectivity index (χ0n) is 17.6. The molecule has 2 heterocycles. The lowest BCUT2D eigenvalue weighted by Crippen LogP contribution is -2.07. The van der Waals surface area contributed by atoms with Crippen LogP contribution in [-0.2, 0) is 7.05 Å². The van der Waals surface area contributed by atoms with E-state index in [2.05, 4.69) is 15.4 Å². The first-order valence-corrected chi connectivity index (χ1v) is 9.53. The molecule has 0 spiro atoms. The molecule has 2 aromatic heterocycles. The van der Waals surface area contributed by atoms with Gasteiger partial charge in [-0.3, -0.25) is 14.5 Å². The summed E-state index contributed by atoms with van der Waals surface area (Å²) < 4.78 is 6.99. The molecule has 0 amide bonds. The molecule has 2 N–H and O–H groups in total. The Balaban J connectivity index is 0.00000145. The molecule has 0 aliphatic carbocycles. The molecule has 0 fully saturated rings. The molecule has 6 heteroatoms. The second kappa shape index (κ2) is 10.7. The van der Waals surface area contributed by atoms with E-state index in [0.29, 0.717) is 11.1 Å². The monoisotopic (exact) mass is 392 g/mol. The van der Waals surface area contributed by atoms with Gasteiger partial charge < -0.3 is 15.2 Å². The molecule has 0 bridgehead atoms. The van der Waals surface area contributed by atoms with E-state index in [1.54, 1.807) is 37.8 Å². The molecular weight excluding hydrogens is 364 g/mol. The van der Waals surface area contributed by atoms with Gasteiger partial charge in [-0.2, -0.15) is 0 Å². The van der Waals surface area contributed by atoms with E-state index >= 15 is 0 Å². The molecule has 0 atom stereocenters. The molecule has 0 aliphatic rings. The first kappa shape index (κ1) is 21.8. The van der Waals surface area contributed by atoms with Gasteiger partial charge in [0.05, 0.1) is 7.11 Å². The van der Waals surface area contributed by atoms with Crippen molar-refractivity contribution in [3.05, 3.63) is 83.8 Å². The fraction of sp³-hybridized carbons (Fsp3) is 0.217. The van der Waals surface area contributed by atoms with Crippen molar-refractivity contribution in [2.24, 2.45) is 7.05 Å². The molecule has 1 aromatic carbocycles. The molecule has 29 heavy (non-hydrogen) atoms. The van der Waals surface area contributed by atoms with Gasteiger partial charge in [-0.05, 0) is 55.0 Å². The number of nitrogens with one attached hydrogen (secondary N) is 2. The van der Waals surface area contributed by atoms with Gasteiger partial charge in [0.25, 0.3) is 0 Å². The quantitative estimate of drug-likeness (QED) is 0.586. The fourth-order valence-electron chi connectivity index (χ4n) is 2.60. The topological polar surface area (TPSA) is 71.9 Å². The van der Waals surface area contributed by atoms with Gasteiger partial charge in [0.15, 0.2) is 5.78 Å². The third-order valence-electron chi connectivity index (χ3n) is 4.21. The summed E-state index contributed by atoms with van der Waals surface area (Å²) in [6.45, 7) is 5.91. The number of aryl methyl sites for hydroxylation is 2. The summed E-state index contributed by atoms with van der Waals surface area (Å²) in [4.78, 5) is 16.8. The number of benzene rings is 1. The van der Waals surface area contributed by atoms with Crippen LogP contribution in [0.1, 0.15) is 35.3 Å². The molecule has 0 radical (unpaired) electrons. The van der Waals surface area contributed by atoms with Crippen LogP contribution < -0.4 is 10.1 Å². The van der Waals surface area contributed by atoms with Crippen molar-refractivity contribution < 1.29 is 9.53 Å². The van der Waals surface area contributed by atoms with E-state index in [4.69, 9.17) is 4.74 Å². The largest absolute Gasteiger partial charge is 0.497 e.